The average Bonchev–Trinajstić information content (AvgIpc) is 2.68. The average molecular weight is 365 g/mol. The van der Waals surface area contributed by atoms with Crippen LogP contribution in [0, 0.1) is 0 Å². The first-order chi connectivity index (χ1) is 12.8. The van der Waals surface area contributed by atoms with E-state index in [2.05, 4.69) is 25.1 Å². The van der Waals surface area contributed by atoms with Gasteiger partial charge in [0.15, 0.2) is 0 Å². The summed E-state index contributed by atoms with van der Waals surface area (Å²) in [5, 5.41) is 11.9. The van der Waals surface area contributed by atoms with Crippen molar-refractivity contribution >= 4 is 11.9 Å². The first kappa shape index (κ1) is 19.0. The van der Waals surface area contributed by atoms with Gasteiger partial charge >= 0.3 is 0 Å². The van der Waals surface area contributed by atoms with E-state index in [9.17, 15) is 4.79 Å². The molecule has 144 valence electrons. The summed E-state index contributed by atoms with van der Waals surface area (Å²) in [7, 11) is 0. The highest BCUT2D eigenvalue weighted by Gasteiger charge is 2.29. The zero-order valence-electron chi connectivity index (χ0n) is 14.9. The second-order valence-corrected chi connectivity index (χ2v) is 6.48. The zero-order chi connectivity index (χ0) is 18.2. The van der Waals surface area contributed by atoms with Crippen molar-refractivity contribution < 1.29 is 19.4 Å². The minimum Gasteiger partial charge on any atom is -0.394 e. The molecule has 0 saturated carbocycles. The molecule has 0 spiro atoms. The molecule has 2 aliphatic heterocycles. The molecule has 2 atom stereocenters. The molecule has 0 radical (unpaired) electrons. The molecule has 1 aromatic heterocycles. The molecule has 2 N–H and O–H groups in total. The molecule has 1 amide bonds. The van der Waals surface area contributed by atoms with Crippen molar-refractivity contribution in [3.63, 3.8) is 0 Å². The molecule has 2 aliphatic rings. The molecule has 26 heavy (non-hydrogen) atoms. The van der Waals surface area contributed by atoms with Gasteiger partial charge < -0.3 is 24.8 Å². The summed E-state index contributed by atoms with van der Waals surface area (Å²) in [6.07, 6.45) is 4.10. The van der Waals surface area contributed by atoms with Crippen molar-refractivity contribution in [1.82, 2.24) is 20.2 Å². The third-order valence-corrected chi connectivity index (χ3v) is 4.64. The number of piperazine rings is 1. The Hall–Kier alpha value is -1.81. The van der Waals surface area contributed by atoms with Crippen LogP contribution in [0.5, 0.6) is 0 Å². The number of hydrogen-bond acceptors (Lipinski definition) is 8. The predicted molar refractivity (Wildman–Crippen MR) is 94.9 cm³/mol. The molecular weight excluding hydrogens is 338 g/mol. The molecular formula is C17H27N5O4. The number of aliphatic hydroxyl groups is 1. The lowest BCUT2D eigenvalue weighted by Crippen LogP contribution is -2.55. The van der Waals surface area contributed by atoms with Gasteiger partial charge in [0.2, 0.25) is 11.9 Å². The van der Waals surface area contributed by atoms with Crippen LogP contribution in [0.3, 0.4) is 0 Å². The molecule has 0 aromatic carbocycles. The van der Waals surface area contributed by atoms with Crippen molar-refractivity contribution in [2.45, 2.75) is 18.6 Å². The monoisotopic (exact) mass is 365 g/mol. The maximum absolute atomic E-state index is 12.4. The predicted octanol–water partition coefficient (Wildman–Crippen LogP) is -1.12. The highest BCUT2D eigenvalue weighted by Crippen LogP contribution is 2.13. The number of nitrogens with zero attached hydrogens (tertiary/aromatic N) is 4. The summed E-state index contributed by atoms with van der Waals surface area (Å²) >= 11 is 0. The van der Waals surface area contributed by atoms with Gasteiger partial charge in [0.1, 0.15) is 0 Å². The SMILES string of the molecule is O=C(CN1CCN(c2ncccn2)CC1)N[C@@H]1COCC[C@@H]1OCCO. The number of ether oxygens (including phenoxy) is 2. The van der Waals surface area contributed by atoms with Crippen molar-refractivity contribution in [1.29, 1.82) is 0 Å². The molecule has 3 heterocycles. The molecule has 1 aromatic rings. The van der Waals surface area contributed by atoms with Crippen LogP contribution in [-0.4, -0.2) is 97.2 Å². The Bertz CT molecular complexity index is 553. The molecule has 0 bridgehead atoms. The number of aromatic nitrogens is 2. The topological polar surface area (TPSA) is 100 Å². The molecule has 2 saturated heterocycles. The van der Waals surface area contributed by atoms with Gasteiger partial charge in [-0.15, -0.1) is 0 Å². The number of aliphatic hydroxyl groups excluding tert-OH is 1. The fourth-order valence-electron chi connectivity index (χ4n) is 3.27. The third-order valence-electron chi connectivity index (χ3n) is 4.64. The summed E-state index contributed by atoms with van der Waals surface area (Å²) in [4.78, 5) is 25.2. The zero-order valence-corrected chi connectivity index (χ0v) is 14.9. The van der Waals surface area contributed by atoms with Gasteiger partial charge in [-0.3, -0.25) is 9.69 Å². The second kappa shape index (κ2) is 9.77. The standard InChI is InChI=1S/C17H27N5O4/c23-9-11-26-15-2-10-25-13-14(15)20-16(24)12-21-5-7-22(8-6-21)17-18-3-1-4-19-17/h1,3-4,14-15,23H,2,5-13H2,(H,20,24)/t14-,15+/m1/s1. The van der Waals surface area contributed by atoms with E-state index in [1.807, 2.05) is 0 Å². The highest BCUT2D eigenvalue weighted by atomic mass is 16.5. The molecule has 0 aliphatic carbocycles. The van der Waals surface area contributed by atoms with Crippen LogP contribution in [-0.2, 0) is 14.3 Å². The van der Waals surface area contributed by atoms with E-state index in [0.717, 1.165) is 38.5 Å². The van der Waals surface area contributed by atoms with E-state index in [4.69, 9.17) is 14.6 Å². The van der Waals surface area contributed by atoms with Crippen LogP contribution in [0.25, 0.3) is 0 Å². The summed E-state index contributed by atoms with van der Waals surface area (Å²) in [6, 6.07) is 1.64. The first-order valence-corrected chi connectivity index (χ1v) is 9.10. The Balaban J connectivity index is 1.42. The van der Waals surface area contributed by atoms with Gasteiger partial charge in [-0.1, -0.05) is 0 Å². The van der Waals surface area contributed by atoms with Crippen LogP contribution < -0.4 is 10.2 Å². The molecule has 9 heteroatoms. The first-order valence-electron chi connectivity index (χ1n) is 9.10. The largest absolute Gasteiger partial charge is 0.394 e. The van der Waals surface area contributed by atoms with E-state index in [1.165, 1.54) is 0 Å². The fourth-order valence-corrected chi connectivity index (χ4v) is 3.27. The van der Waals surface area contributed by atoms with Gasteiger partial charge in [-0.2, -0.15) is 0 Å². The number of hydrogen-bond donors (Lipinski definition) is 2. The van der Waals surface area contributed by atoms with Crippen LogP contribution in [0.1, 0.15) is 6.42 Å². The van der Waals surface area contributed by atoms with Crippen LogP contribution in [0.4, 0.5) is 5.95 Å². The quantitative estimate of drug-likeness (QED) is 0.627. The van der Waals surface area contributed by atoms with E-state index < -0.39 is 0 Å². The van der Waals surface area contributed by atoms with E-state index in [1.54, 1.807) is 18.5 Å². The molecule has 0 unspecified atom stereocenters. The normalized spacial score (nSPS) is 24.4. The smallest absolute Gasteiger partial charge is 0.234 e. The maximum atomic E-state index is 12.4. The van der Waals surface area contributed by atoms with Gasteiger partial charge in [0, 0.05) is 45.2 Å². The van der Waals surface area contributed by atoms with Crippen molar-refractivity contribution in [3.05, 3.63) is 18.5 Å². The number of carbonyl (C=O) groups is 1. The summed E-state index contributed by atoms with van der Waals surface area (Å²) in [6.45, 7) is 4.85. The molecule has 3 rings (SSSR count). The molecule has 2 fully saturated rings. The number of nitrogens with one attached hydrogen (secondary N) is 1. The maximum Gasteiger partial charge on any atom is 0.234 e. The van der Waals surface area contributed by atoms with Gasteiger partial charge in [0.05, 0.1) is 38.5 Å². The lowest BCUT2D eigenvalue weighted by Gasteiger charge is -2.35. The Morgan fingerprint density at radius 3 is 2.81 bits per heavy atom. The Labute approximate surface area is 153 Å². The van der Waals surface area contributed by atoms with Crippen molar-refractivity contribution in [3.8, 4) is 0 Å². The number of carbonyl (C=O) groups excluding carboxylic acids is 1. The Morgan fingerprint density at radius 1 is 1.31 bits per heavy atom. The van der Waals surface area contributed by atoms with Crippen molar-refractivity contribution in [2.75, 3.05) is 64.1 Å². The van der Waals surface area contributed by atoms with E-state index in [0.29, 0.717) is 19.8 Å². The number of amides is 1. The summed E-state index contributed by atoms with van der Waals surface area (Å²) < 4.78 is 11.1. The molecule has 9 nitrogen and oxygen atoms in total. The highest BCUT2D eigenvalue weighted by molar-refractivity contribution is 5.78. The van der Waals surface area contributed by atoms with Crippen molar-refractivity contribution in [2.24, 2.45) is 0 Å². The van der Waals surface area contributed by atoms with Crippen LogP contribution >= 0.6 is 0 Å². The van der Waals surface area contributed by atoms with Gasteiger partial charge in [0.25, 0.3) is 0 Å². The Kier molecular flexibility index (Phi) is 7.13. The van der Waals surface area contributed by atoms with Crippen LogP contribution in [0.15, 0.2) is 18.5 Å². The van der Waals surface area contributed by atoms with Gasteiger partial charge in [-0.25, -0.2) is 9.97 Å². The lowest BCUT2D eigenvalue weighted by molar-refractivity contribution is -0.127. The summed E-state index contributed by atoms with van der Waals surface area (Å²) in [5.41, 5.74) is 0. The fraction of sp³-hybridized carbons (Fsp3) is 0.706. The third kappa shape index (κ3) is 5.34. The number of rotatable bonds is 7. The van der Waals surface area contributed by atoms with E-state index in [-0.39, 0.29) is 31.3 Å². The second-order valence-electron chi connectivity index (χ2n) is 6.48. The lowest BCUT2D eigenvalue weighted by atomic mass is 10.1. The van der Waals surface area contributed by atoms with Crippen LogP contribution in [0.2, 0.25) is 0 Å². The minimum absolute atomic E-state index is 0.0204. The van der Waals surface area contributed by atoms with E-state index >= 15 is 0 Å². The Morgan fingerprint density at radius 2 is 2.08 bits per heavy atom. The summed E-state index contributed by atoms with van der Waals surface area (Å²) in [5.74, 6) is 0.710. The number of anilines is 1. The minimum atomic E-state index is -0.165. The van der Waals surface area contributed by atoms with Gasteiger partial charge in [-0.05, 0) is 12.5 Å².